The van der Waals surface area contributed by atoms with Crippen molar-refractivity contribution in [3.8, 4) is 0 Å². The third-order valence-corrected chi connectivity index (χ3v) is 2.30. The van der Waals surface area contributed by atoms with Crippen molar-refractivity contribution < 1.29 is 10.2 Å². The number of aliphatic hydroxyl groups is 2. The number of rotatable bonds is 5. The molecule has 0 unspecified atom stereocenters. The molecule has 80 valence electrons. The summed E-state index contributed by atoms with van der Waals surface area (Å²) in [5.74, 6) is 0.0758. The van der Waals surface area contributed by atoms with Crippen LogP contribution in [0.15, 0.2) is 35.4 Å². The monoisotopic (exact) mass is 236 g/mol. The van der Waals surface area contributed by atoms with Crippen molar-refractivity contribution in [2.24, 2.45) is 0 Å². The number of halogens is 2. The fourth-order valence-corrected chi connectivity index (χ4v) is 1.46. The van der Waals surface area contributed by atoms with E-state index >= 15 is 0 Å². The highest BCUT2D eigenvalue weighted by molar-refractivity contribution is 6.32. The number of hydrogen-bond acceptors (Lipinski definition) is 2. The molecule has 0 aromatic rings. The average Bonchev–Trinajstić information content (AvgIpc) is 2.15. The van der Waals surface area contributed by atoms with Crippen LogP contribution >= 0.6 is 23.2 Å². The standard InChI is InChI=1S/C10H14Cl2O2/c1-3-4-5-9(12)8(6-11)10(14)7(2)13/h3-5,7,10,13-14H,1,6H2,2H3/b5-4-,9-8-/t7-,10+/m1/s1. The van der Waals surface area contributed by atoms with E-state index in [0.717, 1.165) is 0 Å². The zero-order valence-corrected chi connectivity index (χ0v) is 9.46. The quantitative estimate of drug-likeness (QED) is 0.568. The summed E-state index contributed by atoms with van der Waals surface area (Å²) in [4.78, 5) is 0. The summed E-state index contributed by atoms with van der Waals surface area (Å²) in [5, 5.41) is 19.0. The molecular formula is C10H14Cl2O2. The number of allylic oxidation sites excluding steroid dienone is 4. The van der Waals surface area contributed by atoms with Crippen LogP contribution in [0.1, 0.15) is 6.92 Å². The molecule has 0 aromatic heterocycles. The van der Waals surface area contributed by atoms with Gasteiger partial charge in [0.05, 0.1) is 6.10 Å². The fraction of sp³-hybridized carbons (Fsp3) is 0.400. The zero-order valence-electron chi connectivity index (χ0n) is 7.95. The maximum Gasteiger partial charge on any atom is 0.103 e. The van der Waals surface area contributed by atoms with E-state index in [0.29, 0.717) is 10.6 Å². The molecule has 4 heteroatoms. The van der Waals surface area contributed by atoms with Gasteiger partial charge >= 0.3 is 0 Å². The van der Waals surface area contributed by atoms with E-state index in [2.05, 4.69) is 6.58 Å². The lowest BCUT2D eigenvalue weighted by atomic mass is 10.1. The predicted octanol–water partition coefficient (Wildman–Crippen LogP) is 2.20. The van der Waals surface area contributed by atoms with Gasteiger partial charge in [-0.1, -0.05) is 30.3 Å². The molecule has 0 heterocycles. The Morgan fingerprint density at radius 3 is 2.43 bits per heavy atom. The summed E-state index contributed by atoms with van der Waals surface area (Å²) in [6.45, 7) is 4.96. The van der Waals surface area contributed by atoms with Gasteiger partial charge in [0, 0.05) is 10.9 Å². The van der Waals surface area contributed by atoms with Gasteiger partial charge < -0.3 is 10.2 Å². The molecule has 0 rings (SSSR count). The van der Waals surface area contributed by atoms with Crippen LogP contribution in [-0.4, -0.2) is 28.3 Å². The van der Waals surface area contributed by atoms with Crippen molar-refractivity contribution in [1.29, 1.82) is 0 Å². The lowest BCUT2D eigenvalue weighted by molar-refractivity contribution is 0.0548. The topological polar surface area (TPSA) is 40.5 Å². The molecule has 0 spiro atoms. The molecule has 0 aromatic carbocycles. The van der Waals surface area contributed by atoms with Crippen LogP contribution in [0.2, 0.25) is 0 Å². The highest BCUT2D eigenvalue weighted by Crippen LogP contribution is 2.18. The lowest BCUT2D eigenvalue weighted by Gasteiger charge is -2.16. The van der Waals surface area contributed by atoms with Crippen molar-refractivity contribution >= 4 is 23.2 Å². The van der Waals surface area contributed by atoms with Crippen LogP contribution < -0.4 is 0 Å². The molecule has 2 atom stereocenters. The predicted molar refractivity (Wildman–Crippen MR) is 60.6 cm³/mol. The first-order chi connectivity index (χ1) is 6.54. The molecule has 0 aliphatic carbocycles. The molecule has 0 saturated heterocycles. The highest BCUT2D eigenvalue weighted by Gasteiger charge is 2.17. The zero-order chi connectivity index (χ0) is 11.1. The van der Waals surface area contributed by atoms with Gasteiger partial charge in [-0.05, 0) is 18.6 Å². The van der Waals surface area contributed by atoms with Crippen molar-refractivity contribution in [2.45, 2.75) is 19.1 Å². The summed E-state index contributed by atoms with van der Waals surface area (Å²) in [7, 11) is 0. The number of aliphatic hydroxyl groups excluding tert-OH is 2. The van der Waals surface area contributed by atoms with Gasteiger partial charge in [-0.2, -0.15) is 0 Å². The maximum atomic E-state index is 9.52. The van der Waals surface area contributed by atoms with Gasteiger partial charge in [-0.25, -0.2) is 0 Å². The SMILES string of the molecule is C=C/C=C\C(Cl)=C(/CCl)[C@@H](O)[C@@H](C)O. The Morgan fingerprint density at radius 1 is 1.50 bits per heavy atom. The molecule has 0 bridgehead atoms. The van der Waals surface area contributed by atoms with E-state index in [1.165, 1.54) is 6.92 Å². The van der Waals surface area contributed by atoms with Crippen LogP contribution in [0, 0.1) is 0 Å². The minimum absolute atomic E-state index is 0.0758. The Morgan fingerprint density at radius 2 is 2.07 bits per heavy atom. The van der Waals surface area contributed by atoms with Gasteiger partial charge in [0.2, 0.25) is 0 Å². The van der Waals surface area contributed by atoms with Crippen molar-refractivity contribution in [2.75, 3.05) is 5.88 Å². The smallest absolute Gasteiger partial charge is 0.103 e. The van der Waals surface area contributed by atoms with Crippen LogP contribution in [0.25, 0.3) is 0 Å². The third kappa shape index (κ3) is 4.29. The molecular weight excluding hydrogens is 223 g/mol. The van der Waals surface area contributed by atoms with Gasteiger partial charge in [0.15, 0.2) is 0 Å². The second-order valence-corrected chi connectivity index (χ2v) is 3.46. The highest BCUT2D eigenvalue weighted by atomic mass is 35.5. The number of hydrogen-bond donors (Lipinski definition) is 2. The van der Waals surface area contributed by atoms with E-state index in [1.54, 1.807) is 18.2 Å². The first-order valence-corrected chi connectivity index (χ1v) is 5.05. The van der Waals surface area contributed by atoms with Crippen LogP contribution in [-0.2, 0) is 0 Å². The van der Waals surface area contributed by atoms with Gasteiger partial charge in [0.25, 0.3) is 0 Å². The summed E-state index contributed by atoms with van der Waals surface area (Å²) in [5.41, 5.74) is 0.404. The van der Waals surface area contributed by atoms with Crippen molar-refractivity contribution in [3.05, 3.63) is 35.4 Å². The Labute approximate surface area is 94.1 Å². The first kappa shape index (κ1) is 13.7. The van der Waals surface area contributed by atoms with E-state index in [4.69, 9.17) is 28.3 Å². The van der Waals surface area contributed by atoms with E-state index in [-0.39, 0.29) is 5.88 Å². The maximum absolute atomic E-state index is 9.52. The molecule has 0 fully saturated rings. The van der Waals surface area contributed by atoms with E-state index in [1.807, 2.05) is 0 Å². The van der Waals surface area contributed by atoms with Crippen LogP contribution in [0.4, 0.5) is 0 Å². The summed E-state index contributed by atoms with van der Waals surface area (Å²) in [6, 6.07) is 0. The lowest BCUT2D eigenvalue weighted by Crippen LogP contribution is -2.26. The fourth-order valence-electron chi connectivity index (χ4n) is 0.835. The molecule has 0 radical (unpaired) electrons. The summed E-state index contributed by atoms with van der Waals surface area (Å²) >= 11 is 11.5. The average molecular weight is 237 g/mol. The van der Waals surface area contributed by atoms with Gasteiger partial charge in [0.1, 0.15) is 6.10 Å². The Bertz CT molecular complexity index is 245. The van der Waals surface area contributed by atoms with Crippen LogP contribution in [0.3, 0.4) is 0 Å². The summed E-state index contributed by atoms with van der Waals surface area (Å²) < 4.78 is 0. The second kappa shape index (κ2) is 7.07. The summed E-state index contributed by atoms with van der Waals surface area (Å²) in [6.07, 6.45) is 2.83. The van der Waals surface area contributed by atoms with E-state index < -0.39 is 12.2 Å². The Balaban J connectivity index is 4.82. The molecule has 0 aliphatic heterocycles. The Kier molecular flexibility index (Phi) is 6.93. The van der Waals surface area contributed by atoms with Crippen molar-refractivity contribution in [3.63, 3.8) is 0 Å². The minimum atomic E-state index is -1.03. The number of alkyl halides is 1. The normalized spacial score (nSPS) is 17.8. The molecule has 0 amide bonds. The Hall–Kier alpha value is -0.280. The largest absolute Gasteiger partial charge is 0.390 e. The molecule has 2 nitrogen and oxygen atoms in total. The molecule has 0 aliphatic rings. The first-order valence-electron chi connectivity index (χ1n) is 4.14. The van der Waals surface area contributed by atoms with E-state index in [9.17, 15) is 5.11 Å². The molecule has 14 heavy (non-hydrogen) atoms. The van der Waals surface area contributed by atoms with Crippen molar-refractivity contribution in [1.82, 2.24) is 0 Å². The van der Waals surface area contributed by atoms with Gasteiger partial charge in [-0.15, -0.1) is 11.6 Å². The molecule has 2 N–H and O–H groups in total. The molecule has 0 saturated carbocycles. The minimum Gasteiger partial charge on any atom is -0.390 e. The van der Waals surface area contributed by atoms with Crippen LogP contribution in [0.5, 0.6) is 0 Å². The second-order valence-electron chi connectivity index (χ2n) is 2.79. The van der Waals surface area contributed by atoms with Gasteiger partial charge in [-0.3, -0.25) is 0 Å². The third-order valence-electron chi connectivity index (χ3n) is 1.64.